The van der Waals surface area contributed by atoms with Gasteiger partial charge in [0.1, 0.15) is 0 Å². The van der Waals surface area contributed by atoms with Crippen LogP contribution in [-0.4, -0.2) is 10.4 Å². The van der Waals surface area contributed by atoms with E-state index in [4.69, 9.17) is 0 Å². The highest BCUT2D eigenvalue weighted by Gasteiger charge is 2.21. The van der Waals surface area contributed by atoms with E-state index in [0.29, 0.717) is 6.42 Å². The van der Waals surface area contributed by atoms with Gasteiger partial charge >= 0.3 is 0 Å². The van der Waals surface area contributed by atoms with Crippen LogP contribution < -0.4 is 0 Å². The SMILES string of the molecule is CC(O)(CCBr)c1ccc(-c2cccc(Br)c2)cc1. The minimum atomic E-state index is -0.778. The van der Waals surface area contributed by atoms with E-state index in [9.17, 15) is 5.11 Å². The maximum atomic E-state index is 10.4. The summed E-state index contributed by atoms with van der Waals surface area (Å²) in [6.45, 7) is 1.85. The fraction of sp³-hybridized carbons (Fsp3) is 0.250. The molecular formula is C16H16Br2O. The first kappa shape index (κ1) is 14.8. The molecule has 0 saturated carbocycles. The lowest BCUT2D eigenvalue weighted by atomic mass is 9.92. The van der Waals surface area contributed by atoms with Crippen LogP contribution in [0.1, 0.15) is 18.9 Å². The molecule has 0 fully saturated rings. The topological polar surface area (TPSA) is 20.2 Å². The van der Waals surface area contributed by atoms with Gasteiger partial charge in [0.05, 0.1) is 5.60 Å². The molecule has 0 saturated heterocycles. The van der Waals surface area contributed by atoms with E-state index in [0.717, 1.165) is 20.9 Å². The van der Waals surface area contributed by atoms with Crippen molar-refractivity contribution in [3.05, 3.63) is 58.6 Å². The summed E-state index contributed by atoms with van der Waals surface area (Å²) < 4.78 is 1.07. The van der Waals surface area contributed by atoms with Crippen LogP contribution in [0.2, 0.25) is 0 Å². The molecule has 0 aromatic heterocycles. The molecule has 2 aromatic rings. The van der Waals surface area contributed by atoms with Gasteiger partial charge in [0, 0.05) is 9.80 Å². The first-order valence-electron chi connectivity index (χ1n) is 6.18. The fourth-order valence-electron chi connectivity index (χ4n) is 2.02. The van der Waals surface area contributed by atoms with Gasteiger partial charge in [-0.25, -0.2) is 0 Å². The molecule has 2 rings (SSSR count). The molecule has 1 unspecified atom stereocenters. The molecule has 1 atom stereocenters. The molecule has 0 bridgehead atoms. The molecular weight excluding hydrogens is 368 g/mol. The molecule has 0 aliphatic rings. The molecule has 19 heavy (non-hydrogen) atoms. The second-order valence-corrected chi connectivity index (χ2v) is 6.51. The van der Waals surface area contributed by atoms with Crippen LogP contribution >= 0.6 is 31.9 Å². The quantitative estimate of drug-likeness (QED) is 0.727. The van der Waals surface area contributed by atoms with E-state index in [1.165, 1.54) is 5.56 Å². The van der Waals surface area contributed by atoms with Crippen molar-refractivity contribution in [1.82, 2.24) is 0 Å². The van der Waals surface area contributed by atoms with Gasteiger partial charge in [-0.3, -0.25) is 0 Å². The zero-order valence-corrected chi connectivity index (χ0v) is 13.9. The molecule has 2 aromatic carbocycles. The highest BCUT2D eigenvalue weighted by Crippen LogP contribution is 2.28. The molecule has 0 radical (unpaired) electrons. The van der Waals surface area contributed by atoms with E-state index < -0.39 is 5.60 Å². The molecule has 0 amide bonds. The molecule has 0 aliphatic carbocycles. The Bertz CT molecular complexity index is 547. The molecule has 0 heterocycles. The maximum Gasteiger partial charge on any atom is 0.0876 e. The Morgan fingerprint density at radius 3 is 2.32 bits per heavy atom. The summed E-state index contributed by atoms with van der Waals surface area (Å²) in [6.07, 6.45) is 0.698. The van der Waals surface area contributed by atoms with E-state index in [2.05, 4.69) is 56.1 Å². The first-order chi connectivity index (χ1) is 9.03. The Morgan fingerprint density at radius 1 is 1.05 bits per heavy atom. The van der Waals surface area contributed by atoms with Gasteiger partial charge in [-0.05, 0) is 42.2 Å². The number of halogens is 2. The van der Waals surface area contributed by atoms with Gasteiger partial charge < -0.3 is 5.11 Å². The summed E-state index contributed by atoms with van der Waals surface area (Å²) in [6, 6.07) is 16.3. The normalized spacial score (nSPS) is 14.1. The molecule has 0 aliphatic heterocycles. The molecule has 0 spiro atoms. The van der Waals surface area contributed by atoms with E-state index in [-0.39, 0.29) is 0 Å². The Morgan fingerprint density at radius 2 is 1.74 bits per heavy atom. The number of hydrogen-bond acceptors (Lipinski definition) is 1. The van der Waals surface area contributed by atoms with Crippen LogP contribution in [0.25, 0.3) is 11.1 Å². The van der Waals surface area contributed by atoms with Crippen molar-refractivity contribution in [3.63, 3.8) is 0 Å². The number of aliphatic hydroxyl groups is 1. The summed E-state index contributed by atoms with van der Waals surface area (Å²) in [5.74, 6) is 0. The summed E-state index contributed by atoms with van der Waals surface area (Å²) in [5, 5.41) is 11.1. The Hall–Kier alpha value is -0.640. The minimum Gasteiger partial charge on any atom is -0.385 e. The van der Waals surface area contributed by atoms with Crippen LogP contribution in [0.4, 0.5) is 0 Å². The fourth-order valence-corrected chi connectivity index (χ4v) is 3.19. The minimum absolute atomic E-state index is 0.698. The van der Waals surface area contributed by atoms with E-state index >= 15 is 0 Å². The predicted octanol–water partition coefficient (Wildman–Crippen LogP) is 5.11. The molecule has 100 valence electrons. The van der Waals surface area contributed by atoms with E-state index in [1.807, 2.05) is 31.2 Å². The van der Waals surface area contributed by atoms with Crippen molar-refractivity contribution < 1.29 is 5.11 Å². The lowest BCUT2D eigenvalue weighted by Gasteiger charge is -2.23. The summed E-state index contributed by atoms with van der Waals surface area (Å²) in [4.78, 5) is 0. The summed E-state index contributed by atoms with van der Waals surface area (Å²) in [5.41, 5.74) is 2.49. The van der Waals surface area contributed by atoms with Crippen molar-refractivity contribution in [2.24, 2.45) is 0 Å². The Kier molecular flexibility index (Phi) is 4.82. The average Bonchev–Trinajstić information content (AvgIpc) is 2.39. The third kappa shape index (κ3) is 3.68. The van der Waals surface area contributed by atoms with Crippen LogP contribution in [0.3, 0.4) is 0 Å². The van der Waals surface area contributed by atoms with Gasteiger partial charge in [-0.2, -0.15) is 0 Å². The molecule has 1 nitrogen and oxygen atoms in total. The van der Waals surface area contributed by atoms with Crippen molar-refractivity contribution in [3.8, 4) is 11.1 Å². The van der Waals surface area contributed by atoms with E-state index in [1.54, 1.807) is 0 Å². The van der Waals surface area contributed by atoms with Gasteiger partial charge in [0.25, 0.3) is 0 Å². The monoisotopic (exact) mass is 382 g/mol. The van der Waals surface area contributed by atoms with Crippen LogP contribution in [0.5, 0.6) is 0 Å². The van der Waals surface area contributed by atoms with Crippen LogP contribution in [0, 0.1) is 0 Å². The summed E-state index contributed by atoms with van der Waals surface area (Å²) >= 11 is 6.86. The highest BCUT2D eigenvalue weighted by atomic mass is 79.9. The van der Waals surface area contributed by atoms with Crippen LogP contribution in [-0.2, 0) is 5.60 Å². The van der Waals surface area contributed by atoms with Gasteiger partial charge in [0.2, 0.25) is 0 Å². The van der Waals surface area contributed by atoms with Crippen molar-refractivity contribution in [2.45, 2.75) is 18.9 Å². The standard InChI is InChI=1S/C16H16Br2O/c1-16(19,9-10-17)14-7-5-12(6-8-14)13-3-2-4-15(18)11-13/h2-8,11,19H,9-10H2,1H3. The van der Waals surface area contributed by atoms with Gasteiger partial charge in [0.15, 0.2) is 0 Å². The largest absolute Gasteiger partial charge is 0.385 e. The lowest BCUT2D eigenvalue weighted by Crippen LogP contribution is -2.21. The average molecular weight is 384 g/mol. The molecule has 1 N–H and O–H groups in total. The molecule has 3 heteroatoms. The van der Waals surface area contributed by atoms with Gasteiger partial charge in [-0.15, -0.1) is 0 Å². The van der Waals surface area contributed by atoms with Crippen molar-refractivity contribution in [2.75, 3.05) is 5.33 Å². The number of hydrogen-bond donors (Lipinski definition) is 1. The third-order valence-corrected chi connectivity index (χ3v) is 4.14. The third-order valence-electron chi connectivity index (χ3n) is 3.25. The van der Waals surface area contributed by atoms with Crippen molar-refractivity contribution in [1.29, 1.82) is 0 Å². The smallest absolute Gasteiger partial charge is 0.0876 e. The number of alkyl halides is 1. The lowest BCUT2D eigenvalue weighted by molar-refractivity contribution is 0.0547. The predicted molar refractivity (Wildman–Crippen MR) is 87.6 cm³/mol. The van der Waals surface area contributed by atoms with Crippen molar-refractivity contribution >= 4 is 31.9 Å². The van der Waals surface area contributed by atoms with Crippen LogP contribution in [0.15, 0.2) is 53.0 Å². The zero-order valence-electron chi connectivity index (χ0n) is 10.7. The van der Waals surface area contributed by atoms with Gasteiger partial charge in [-0.1, -0.05) is 68.3 Å². The Labute approximate surface area is 130 Å². The number of rotatable bonds is 4. The first-order valence-corrected chi connectivity index (χ1v) is 8.09. The Balaban J connectivity index is 2.28. The second kappa shape index (κ2) is 6.21. The zero-order chi connectivity index (χ0) is 13.9. The maximum absolute atomic E-state index is 10.4. The number of benzene rings is 2. The summed E-state index contributed by atoms with van der Waals surface area (Å²) in [7, 11) is 0. The highest BCUT2D eigenvalue weighted by molar-refractivity contribution is 9.10. The second-order valence-electron chi connectivity index (χ2n) is 4.80.